The van der Waals surface area contributed by atoms with Crippen LogP contribution in [0, 0.1) is 5.92 Å². The van der Waals surface area contributed by atoms with E-state index in [1.807, 2.05) is 10.9 Å². The number of rotatable bonds is 5. The fourth-order valence-electron chi connectivity index (χ4n) is 2.59. The molecule has 2 atom stereocenters. The summed E-state index contributed by atoms with van der Waals surface area (Å²) in [6.45, 7) is 0.857. The molecule has 1 aromatic heterocycles. The number of nitrogens with zero attached hydrogens (tertiary/aromatic N) is 2. The van der Waals surface area contributed by atoms with E-state index in [1.165, 1.54) is 6.07 Å². The van der Waals surface area contributed by atoms with Crippen LogP contribution in [0.3, 0.4) is 0 Å². The number of hydrogen-bond donors (Lipinski definition) is 2. The molecule has 0 spiro atoms. The number of halogens is 3. The first-order valence-corrected chi connectivity index (χ1v) is 7.66. The molecule has 1 aliphatic rings. The Bertz CT molecular complexity index is 679. The predicted molar refractivity (Wildman–Crippen MR) is 83.4 cm³/mol. The lowest BCUT2D eigenvalue weighted by molar-refractivity contribution is -0.0497. The minimum Gasteiger partial charge on any atom is -0.433 e. The number of aromatic nitrogens is 2. The highest BCUT2D eigenvalue weighted by Gasteiger charge is 2.23. The number of hydrogen-bond acceptors (Lipinski definition) is 4. The molecule has 1 aromatic carbocycles. The summed E-state index contributed by atoms with van der Waals surface area (Å²) in [6.07, 6.45) is 3.59. The molecule has 5 nitrogen and oxygen atoms in total. The van der Waals surface area contributed by atoms with Gasteiger partial charge < -0.3 is 4.74 Å². The molecule has 3 rings (SSSR count). The molecule has 23 heavy (non-hydrogen) atoms. The maximum Gasteiger partial charge on any atom is 0.387 e. The Hall–Kier alpha value is -1.70. The van der Waals surface area contributed by atoms with E-state index in [9.17, 15) is 8.78 Å². The molecule has 0 radical (unpaired) electrons. The van der Waals surface area contributed by atoms with Crippen molar-refractivity contribution in [3.63, 3.8) is 0 Å². The van der Waals surface area contributed by atoms with Gasteiger partial charge in [0.05, 0.1) is 11.2 Å². The summed E-state index contributed by atoms with van der Waals surface area (Å²) in [5.74, 6) is 0.399. The van der Waals surface area contributed by atoms with Crippen LogP contribution in [-0.2, 0) is 6.54 Å². The lowest BCUT2D eigenvalue weighted by atomic mass is 10.0. The second-order valence-corrected chi connectivity index (χ2v) is 5.96. The second kappa shape index (κ2) is 6.82. The maximum absolute atomic E-state index is 12.4. The van der Waals surface area contributed by atoms with E-state index in [4.69, 9.17) is 11.6 Å². The van der Waals surface area contributed by atoms with Crippen LogP contribution in [0.5, 0.6) is 5.75 Å². The van der Waals surface area contributed by atoms with Crippen LogP contribution in [0.1, 0.15) is 6.92 Å². The minimum atomic E-state index is -2.91. The van der Waals surface area contributed by atoms with E-state index >= 15 is 0 Å². The zero-order chi connectivity index (χ0) is 16.4. The summed E-state index contributed by atoms with van der Waals surface area (Å²) in [4.78, 5) is 0. The molecule has 2 N–H and O–H groups in total. The molecule has 0 saturated carbocycles. The number of nitrogens with one attached hydrogen (secondary N) is 2. The van der Waals surface area contributed by atoms with Crippen LogP contribution in [0.25, 0.3) is 11.1 Å². The van der Waals surface area contributed by atoms with E-state index < -0.39 is 6.61 Å². The van der Waals surface area contributed by atoms with Gasteiger partial charge in [0.15, 0.2) is 0 Å². The molecule has 1 aliphatic heterocycles. The zero-order valence-corrected chi connectivity index (χ0v) is 13.2. The van der Waals surface area contributed by atoms with Gasteiger partial charge in [0.1, 0.15) is 5.75 Å². The highest BCUT2D eigenvalue weighted by atomic mass is 35.5. The summed E-state index contributed by atoms with van der Waals surface area (Å²) >= 11 is 5.87. The minimum absolute atomic E-state index is 0.0373. The first kappa shape index (κ1) is 16.2. The fraction of sp³-hybridized carbons (Fsp3) is 0.400. The number of hydrazine groups is 1. The second-order valence-electron chi connectivity index (χ2n) is 5.55. The first-order chi connectivity index (χ1) is 11.0. The summed E-state index contributed by atoms with van der Waals surface area (Å²) in [7, 11) is 0. The predicted octanol–water partition coefficient (Wildman–Crippen LogP) is 2.92. The van der Waals surface area contributed by atoms with Crippen LogP contribution in [-0.4, -0.2) is 29.0 Å². The highest BCUT2D eigenvalue weighted by molar-refractivity contribution is 6.32. The SMILES string of the molecule is CC1NNCC1Cn1cc(-c2ccc(Cl)c(OC(F)F)c2)cn1. The van der Waals surface area contributed by atoms with Crippen LogP contribution < -0.4 is 15.6 Å². The summed E-state index contributed by atoms with van der Waals surface area (Å²) < 4.78 is 31.1. The largest absolute Gasteiger partial charge is 0.433 e. The quantitative estimate of drug-likeness (QED) is 0.877. The van der Waals surface area contributed by atoms with Crippen molar-refractivity contribution >= 4 is 11.6 Å². The number of benzene rings is 1. The van der Waals surface area contributed by atoms with Crippen molar-refractivity contribution in [1.29, 1.82) is 0 Å². The van der Waals surface area contributed by atoms with E-state index in [0.717, 1.165) is 24.2 Å². The molecule has 2 aromatic rings. The lowest BCUT2D eigenvalue weighted by Crippen LogP contribution is -2.29. The monoisotopic (exact) mass is 342 g/mol. The molecule has 1 saturated heterocycles. The number of ether oxygens (including phenoxy) is 1. The summed E-state index contributed by atoms with van der Waals surface area (Å²) in [5.41, 5.74) is 7.84. The van der Waals surface area contributed by atoms with Gasteiger partial charge in [0.2, 0.25) is 0 Å². The van der Waals surface area contributed by atoms with Crippen LogP contribution in [0.4, 0.5) is 8.78 Å². The maximum atomic E-state index is 12.4. The third kappa shape index (κ3) is 3.80. The molecule has 0 bridgehead atoms. The molecule has 8 heteroatoms. The Kier molecular flexibility index (Phi) is 4.79. The van der Waals surface area contributed by atoms with E-state index in [1.54, 1.807) is 18.3 Å². The van der Waals surface area contributed by atoms with Gasteiger partial charge in [-0.3, -0.25) is 15.5 Å². The normalized spacial score (nSPS) is 21.1. The van der Waals surface area contributed by atoms with Gasteiger partial charge in [-0.25, -0.2) is 0 Å². The molecule has 1 fully saturated rings. The van der Waals surface area contributed by atoms with Gasteiger partial charge in [-0.05, 0) is 24.6 Å². The topological polar surface area (TPSA) is 51.1 Å². The molecular formula is C15H17ClF2N4O. The average Bonchev–Trinajstić information content (AvgIpc) is 3.11. The van der Waals surface area contributed by atoms with E-state index in [0.29, 0.717) is 12.0 Å². The van der Waals surface area contributed by atoms with Gasteiger partial charge in [-0.1, -0.05) is 17.7 Å². The summed E-state index contributed by atoms with van der Waals surface area (Å²) in [6, 6.07) is 5.16. The Morgan fingerprint density at radius 3 is 2.96 bits per heavy atom. The highest BCUT2D eigenvalue weighted by Crippen LogP contribution is 2.31. The standard InChI is InChI=1S/C15H17ClF2N4O/c1-9-11(5-19-21-9)7-22-8-12(6-20-22)10-2-3-13(16)14(4-10)23-15(17)18/h2-4,6,8-9,11,15,19,21H,5,7H2,1H3. The van der Waals surface area contributed by atoms with E-state index in [2.05, 4.69) is 27.6 Å². The molecule has 0 aliphatic carbocycles. The van der Waals surface area contributed by atoms with Crippen molar-refractivity contribution in [1.82, 2.24) is 20.6 Å². The van der Waals surface area contributed by atoms with Gasteiger partial charge >= 0.3 is 6.61 Å². The van der Waals surface area contributed by atoms with Gasteiger partial charge in [-0.2, -0.15) is 13.9 Å². The lowest BCUT2D eigenvalue weighted by Gasteiger charge is -2.13. The van der Waals surface area contributed by atoms with Crippen molar-refractivity contribution in [2.45, 2.75) is 26.1 Å². The third-order valence-corrected chi connectivity index (χ3v) is 4.25. The summed E-state index contributed by atoms with van der Waals surface area (Å²) in [5, 5.41) is 4.49. The Morgan fingerprint density at radius 1 is 1.43 bits per heavy atom. The van der Waals surface area contributed by atoms with Gasteiger partial charge in [0, 0.05) is 36.8 Å². The molecule has 0 amide bonds. The third-order valence-electron chi connectivity index (χ3n) is 3.94. The smallest absolute Gasteiger partial charge is 0.387 e. The van der Waals surface area contributed by atoms with Crippen molar-refractivity contribution < 1.29 is 13.5 Å². The van der Waals surface area contributed by atoms with Crippen molar-refractivity contribution in [3.05, 3.63) is 35.6 Å². The van der Waals surface area contributed by atoms with Crippen molar-refractivity contribution in [2.24, 2.45) is 5.92 Å². The van der Waals surface area contributed by atoms with Crippen LogP contribution in [0.15, 0.2) is 30.6 Å². The van der Waals surface area contributed by atoms with Crippen molar-refractivity contribution in [3.8, 4) is 16.9 Å². The Balaban J connectivity index is 1.77. The van der Waals surface area contributed by atoms with Gasteiger partial charge in [0.25, 0.3) is 0 Å². The average molecular weight is 343 g/mol. The van der Waals surface area contributed by atoms with E-state index in [-0.39, 0.29) is 10.8 Å². The molecule has 2 unspecified atom stereocenters. The van der Waals surface area contributed by atoms with Gasteiger partial charge in [-0.15, -0.1) is 0 Å². The fourth-order valence-corrected chi connectivity index (χ4v) is 2.75. The number of alkyl halides is 2. The zero-order valence-electron chi connectivity index (χ0n) is 12.5. The molecular weight excluding hydrogens is 326 g/mol. The first-order valence-electron chi connectivity index (χ1n) is 7.28. The Labute approximate surface area is 137 Å². The van der Waals surface area contributed by atoms with Crippen molar-refractivity contribution in [2.75, 3.05) is 6.54 Å². The molecule has 124 valence electrons. The van der Waals surface area contributed by atoms with Crippen LogP contribution >= 0.6 is 11.6 Å². The molecule has 2 heterocycles. The Morgan fingerprint density at radius 2 is 2.26 bits per heavy atom. The van der Waals surface area contributed by atoms with Crippen LogP contribution in [0.2, 0.25) is 5.02 Å².